The van der Waals surface area contributed by atoms with Gasteiger partial charge in [0.15, 0.2) is 0 Å². The molecule has 8 heavy (non-hydrogen) atoms. The van der Waals surface area contributed by atoms with Crippen LogP contribution in [0.2, 0.25) is 0 Å². The normalized spacial score (nSPS) is 30.4. The van der Waals surface area contributed by atoms with Crippen LogP contribution in [-0.2, 0) is 9.47 Å². The van der Waals surface area contributed by atoms with E-state index >= 15 is 0 Å². The van der Waals surface area contributed by atoms with Gasteiger partial charge in [0.05, 0.1) is 19.3 Å². The van der Waals surface area contributed by atoms with E-state index in [1.54, 1.807) is 0 Å². The molecule has 0 amide bonds. The summed E-state index contributed by atoms with van der Waals surface area (Å²) in [4.78, 5) is 0. The summed E-state index contributed by atoms with van der Waals surface area (Å²) in [6.07, 6.45) is 0.747. The molecule has 1 radical (unpaired) electrons. The number of hydrogen-bond acceptors (Lipinski definition) is 3. The van der Waals surface area contributed by atoms with E-state index in [-0.39, 0.29) is 12.7 Å². The highest BCUT2D eigenvalue weighted by Crippen LogP contribution is 2.06. The van der Waals surface area contributed by atoms with Crippen molar-refractivity contribution in [3.8, 4) is 0 Å². The second-order valence-corrected chi connectivity index (χ2v) is 1.70. The summed E-state index contributed by atoms with van der Waals surface area (Å²) in [6, 6.07) is 0. The fourth-order valence-electron chi connectivity index (χ4n) is 0.568. The van der Waals surface area contributed by atoms with E-state index in [0.29, 0.717) is 6.61 Å². The first-order valence-corrected chi connectivity index (χ1v) is 2.63. The monoisotopic (exact) mass is 117 g/mol. The van der Waals surface area contributed by atoms with Crippen LogP contribution in [0, 0.1) is 6.79 Å². The van der Waals surface area contributed by atoms with Crippen molar-refractivity contribution in [1.29, 1.82) is 0 Å². The molecule has 0 aromatic carbocycles. The van der Waals surface area contributed by atoms with Gasteiger partial charge in [0.2, 0.25) is 6.79 Å². The third kappa shape index (κ3) is 1.43. The zero-order chi connectivity index (χ0) is 5.82. The predicted molar refractivity (Wildman–Crippen MR) is 26.8 cm³/mol. The third-order valence-electron chi connectivity index (χ3n) is 1.08. The van der Waals surface area contributed by atoms with Gasteiger partial charge in [0.1, 0.15) is 0 Å². The van der Waals surface area contributed by atoms with Gasteiger partial charge in [-0.15, -0.1) is 0 Å². The van der Waals surface area contributed by atoms with Crippen molar-refractivity contribution in [3.63, 3.8) is 0 Å². The Hall–Kier alpha value is -0.120. The molecular weight excluding hydrogens is 108 g/mol. The van der Waals surface area contributed by atoms with E-state index in [2.05, 4.69) is 0 Å². The van der Waals surface area contributed by atoms with Crippen molar-refractivity contribution >= 4 is 0 Å². The molecule has 1 fully saturated rings. The Kier molecular flexibility index (Phi) is 2.27. The number of aliphatic hydroxyl groups is 1. The van der Waals surface area contributed by atoms with E-state index in [1.807, 2.05) is 0 Å². The maximum Gasteiger partial charge on any atom is 0.209 e. The predicted octanol–water partition coefficient (Wildman–Crippen LogP) is -0.0965. The molecule has 1 atom stereocenters. The van der Waals surface area contributed by atoms with Crippen molar-refractivity contribution < 1.29 is 14.6 Å². The minimum atomic E-state index is -0.0382. The molecule has 3 heteroatoms. The highest BCUT2D eigenvalue weighted by Gasteiger charge is 2.12. The van der Waals surface area contributed by atoms with Gasteiger partial charge in [0.25, 0.3) is 0 Å². The topological polar surface area (TPSA) is 38.7 Å². The molecule has 1 saturated heterocycles. The molecule has 0 aromatic rings. The first kappa shape index (κ1) is 6.01. The number of rotatable bonds is 1. The first-order chi connectivity index (χ1) is 3.93. The summed E-state index contributed by atoms with van der Waals surface area (Å²) in [5, 5.41) is 8.49. The Balaban J connectivity index is 2.13. The standard InChI is InChI=1S/C5H9O3/c6-3-5-1-2-7-4-8-5/h4-6H,1-3H2. The van der Waals surface area contributed by atoms with Gasteiger partial charge in [-0.1, -0.05) is 0 Å². The number of hydrogen-bond donors (Lipinski definition) is 1. The van der Waals surface area contributed by atoms with Gasteiger partial charge in [-0.2, -0.15) is 0 Å². The van der Waals surface area contributed by atoms with Crippen LogP contribution in [0.4, 0.5) is 0 Å². The lowest BCUT2D eigenvalue weighted by molar-refractivity contribution is -0.0921. The van der Waals surface area contributed by atoms with E-state index in [4.69, 9.17) is 14.6 Å². The highest BCUT2D eigenvalue weighted by atomic mass is 16.7. The minimum absolute atomic E-state index is 0.0382. The zero-order valence-corrected chi connectivity index (χ0v) is 4.54. The molecule has 1 heterocycles. The third-order valence-corrected chi connectivity index (χ3v) is 1.08. The maximum absolute atomic E-state index is 8.49. The lowest BCUT2D eigenvalue weighted by Crippen LogP contribution is -2.23. The molecule has 1 unspecified atom stereocenters. The summed E-state index contributed by atoms with van der Waals surface area (Å²) in [6.45, 7) is 2.02. The molecule has 1 N–H and O–H groups in total. The van der Waals surface area contributed by atoms with Gasteiger partial charge in [-0.05, 0) is 6.42 Å². The Morgan fingerprint density at radius 2 is 2.62 bits per heavy atom. The van der Waals surface area contributed by atoms with Gasteiger partial charge in [0, 0.05) is 0 Å². The van der Waals surface area contributed by atoms with E-state index < -0.39 is 0 Å². The fourth-order valence-corrected chi connectivity index (χ4v) is 0.568. The van der Waals surface area contributed by atoms with E-state index in [9.17, 15) is 0 Å². The van der Waals surface area contributed by atoms with Crippen molar-refractivity contribution in [3.05, 3.63) is 6.79 Å². The van der Waals surface area contributed by atoms with Gasteiger partial charge >= 0.3 is 0 Å². The second kappa shape index (κ2) is 3.02. The van der Waals surface area contributed by atoms with Gasteiger partial charge in [-0.3, -0.25) is 0 Å². The minimum Gasteiger partial charge on any atom is -0.394 e. The Morgan fingerprint density at radius 1 is 1.75 bits per heavy atom. The molecular formula is C5H9O3. The molecule has 1 rings (SSSR count). The summed E-state index contributed by atoms with van der Waals surface area (Å²) >= 11 is 0. The molecule has 0 saturated carbocycles. The van der Waals surface area contributed by atoms with Crippen molar-refractivity contribution in [1.82, 2.24) is 0 Å². The molecule has 0 spiro atoms. The second-order valence-electron chi connectivity index (χ2n) is 1.70. The van der Waals surface area contributed by atoms with Crippen LogP contribution >= 0.6 is 0 Å². The summed E-state index contributed by atoms with van der Waals surface area (Å²) in [5.74, 6) is 0. The van der Waals surface area contributed by atoms with Crippen LogP contribution in [0.3, 0.4) is 0 Å². The lowest BCUT2D eigenvalue weighted by Gasteiger charge is -2.19. The molecule has 0 bridgehead atoms. The smallest absolute Gasteiger partial charge is 0.209 e. The molecule has 0 aliphatic carbocycles. The van der Waals surface area contributed by atoms with Crippen LogP contribution in [0.25, 0.3) is 0 Å². The van der Waals surface area contributed by atoms with Crippen LogP contribution in [0.5, 0.6) is 0 Å². The van der Waals surface area contributed by atoms with E-state index in [0.717, 1.165) is 6.42 Å². The zero-order valence-electron chi connectivity index (χ0n) is 4.54. The van der Waals surface area contributed by atoms with Crippen LogP contribution in [0.1, 0.15) is 6.42 Å². The van der Waals surface area contributed by atoms with Crippen molar-refractivity contribution in [2.75, 3.05) is 13.2 Å². The summed E-state index contributed by atoms with van der Waals surface area (Å²) < 4.78 is 9.57. The lowest BCUT2D eigenvalue weighted by atomic mass is 10.3. The number of ether oxygens (including phenoxy) is 2. The van der Waals surface area contributed by atoms with Crippen molar-refractivity contribution in [2.24, 2.45) is 0 Å². The molecule has 0 aromatic heterocycles. The van der Waals surface area contributed by atoms with Crippen LogP contribution in [0.15, 0.2) is 0 Å². The first-order valence-electron chi connectivity index (χ1n) is 2.63. The Bertz CT molecular complexity index is 58.7. The summed E-state index contributed by atoms with van der Waals surface area (Å²) in [5.41, 5.74) is 0. The largest absolute Gasteiger partial charge is 0.394 e. The van der Waals surface area contributed by atoms with Crippen molar-refractivity contribution in [2.45, 2.75) is 12.5 Å². The SMILES string of the molecule is OCC1CCO[CH]O1. The van der Waals surface area contributed by atoms with E-state index in [1.165, 1.54) is 6.79 Å². The molecule has 1 aliphatic rings. The average molecular weight is 117 g/mol. The molecule has 3 nitrogen and oxygen atoms in total. The summed E-state index contributed by atoms with van der Waals surface area (Å²) in [7, 11) is 0. The molecule has 47 valence electrons. The molecule has 1 aliphatic heterocycles. The van der Waals surface area contributed by atoms with Gasteiger partial charge < -0.3 is 14.6 Å². The van der Waals surface area contributed by atoms with Crippen LogP contribution < -0.4 is 0 Å². The van der Waals surface area contributed by atoms with Crippen LogP contribution in [-0.4, -0.2) is 24.4 Å². The quantitative estimate of drug-likeness (QED) is 0.521. The maximum atomic E-state index is 8.49. The Morgan fingerprint density at radius 3 is 3.00 bits per heavy atom. The average Bonchev–Trinajstić information content (AvgIpc) is 1.90. The van der Waals surface area contributed by atoms with Gasteiger partial charge in [-0.25, -0.2) is 0 Å². The fraction of sp³-hybridized carbons (Fsp3) is 0.800. The Labute approximate surface area is 48.2 Å². The highest BCUT2D eigenvalue weighted by molar-refractivity contribution is 4.59. The number of aliphatic hydroxyl groups excluding tert-OH is 1.